The van der Waals surface area contributed by atoms with E-state index in [2.05, 4.69) is 5.32 Å². The minimum Gasteiger partial charge on any atom is -0.480 e. The molecule has 0 aliphatic heterocycles. The second-order valence-electron chi connectivity index (χ2n) is 3.47. The molecule has 0 radical (unpaired) electrons. The highest BCUT2D eigenvalue weighted by atomic mass is 35.5. The molecule has 0 aromatic heterocycles. The van der Waals surface area contributed by atoms with Crippen molar-refractivity contribution in [3.63, 3.8) is 0 Å². The van der Waals surface area contributed by atoms with Gasteiger partial charge >= 0.3 is 5.97 Å². The summed E-state index contributed by atoms with van der Waals surface area (Å²) >= 11 is 5.98. The van der Waals surface area contributed by atoms with E-state index in [-0.39, 0.29) is 6.61 Å². The van der Waals surface area contributed by atoms with Gasteiger partial charge < -0.3 is 15.2 Å². The van der Waals surface area contributed by atoms with E-state index in [0.717, 1.165) is 5.56 Å². The molecule has 88 valence electrons. The van der Waals surface area contributed by atoms with Crippen LogP contribution in [0.25, 0.3) is 0 Å². The lowest BCUT2D eigenvalue weighted by atomic mass is 10.2. The molecule has 0 spiro atoms. The quantitative estimate of drug-likeness (QED) is 0.832. The summed E-state index contributed by atoms with van der Waals surface area (Å²) in [7, 11) is 1.45. The van der Waals surface area contributed by atoms with E-state index in [0.29, 0.717) is 10.7 Å². The van der Waals surface area contributed by atoms with Gasteiger partial charge in [-0.25, -0.2) is 4.79 Å². The van der Waals surface area contributed by atoms with Gasteiger partial charge in [0.1, 0.15) is 6.04 Å². The van der Waals surface area contributed by atoms with E-state index in [1.807, 2.05) is 13.0 Å². The predicted molar refractivity (Wildman–Crippen MR) is 63.1 cm³/mol. The summed E-state index contributed by atoms with van der Waals surface area (Å²) in [6, 6.07) is 4.59. The number of nitrogens with one attached hydrogen (secondary N) is 1. The summed E-state index contributed by atoms with van der Waals surface area (Å²) in [5.41, 5.74) is 1.62. The zero-order valence-electron chi connectivity index (χ0n) is 9.16. The number of carbonyl (C=O) groups is 1. The maximum Gasteiger partial charge on any atom is 0.328 e. The van der Waals surface area contributed by atoms with Crippen LogP contribution in [0.3, 0.4) is 0 Å². The molecule has 0 fully saturated rings. The van der Waals surface area contributed by atoms with Crippen molar-refractivity contribution in [1.29, 1.82) is 0 Å². The van der Waals surface area contributed by atoms with Crippen molar-refractivity contribution >= 4 is 23.3 Å². The lowest BCUT2D eigenvalue weighted by Gasteiger charge is -2.16. The minimum absolute atomic E-state index is 0.0829. The van der Waals surface area contributed by atoms with Gasteiger partial charge in [-0.1, -0.05) is 17.7 Å². The number of methoxy groups -OCH3 is 1. The third kappa shape index (κ3) is 3.40. The molecule has 1 atom stereocenters. The summed E-state index contributed by atoms with van der Waals surface area (Å²) in [6.45, 7) is 2.00. The number of carboxylic acid groups (broad SMARTS) is 1. The number of ether oxygens (including phenoxy) is 1. The molecule has 0 amide bonds. The van der Waals surface area contributed by atoms with Gasteiger partial charge in [-0.3, -0.25) is 0 Å². The molecule has 1 aromatic carbocycles. The van der Waals surface area contributed by atoms with Gasteiger partial charge in [0.2, 0.25) is 0 Å². The molecule has 0 saturated carbocycles. The van der Waals surface area contributed by atoms with Crippen LogP contribution in [-0.4, -0.2) is 30.8 Å². The SMILES string of the molecule is COCC(Nc1ccc(C)cc1Cl)C(=O)O. The Balaban J connectivity index is 2.81. The second-order valence-corrected chi connectivity index (χ2v) is 3.88. The molecule has 0 aliphatic rings. The lowest BCUT2D eigenvalue weighted by molar-refractivity contribution is -0.139. The summed E-state index contributed by atoms with van der Waals surface area (Å²) in [5, 5.41) is 12.2. The molecule has 2 N–H and O–H groups in total. The van der Waals surface area contributed by atoms with Crippen molar-refractivity contribution in [3.8, 4) is 0 Å². The first-order valence-corrected chi connectivity index (χ1v) is 5.17. The first kappa shape index (κ1) is 12.8. The molecule has 16 heavy (non-hydrogen) atoms. The van der Waals surface area contributed by atoms with Gasteiger partial charge in [-0.2, -0.15) is 0 Å². The molecule has 0 aliphatic carbocycles. The molecular formula is C11H14ClNO3. The third-order valence-electron chi connectivity index (χ3n) is 2.09. The van der Waals surface area contributed by atoms with Crippen molar-refractivity contribution in [2.45, 2.75) is 13.0 Å². The monoisotopic (exact) mass is 243 g/mol. The molecule has 0 heterocycles. The predicted octanol–water partition coefficient (Wildman–Crippen LogP) is 2.16. The van der Waals surface area contributed by atoms with Crippen molar-refractivity contribution in [2.24, 2.45) is 0 Å². The Morgan fingerprint density at radius 2 is 2.31 bits per heavy atom. The molecule has 0 saturated heterocycles. The highest BCUT2D eigenvalue weighted by Gasteiger charge is 2.17. The molecule has 4 nitrogen and oxygen atoms in total. The molecule has 0 bridgehead atoms. The van der Waals surface area contributed by atoms with Crippen LogP contribution in [-0.2, 0) is 9.53 Å². The maximum atomic E-state index is 10.9. The van der Waals surface area contributed by atoms with Crippen LogP contribution >= 0.6 is 11.6 Å². The van der Waals surface area contributed by atoms with Crippen LogP contribution in [0.2, 0.25) is 5.02 Å². The highest BCUT2D eigenvalue weighted by Crippen LogP contribution is 2.23. The van der Waals surface area contributed by atoms with Gasteiger partial charge in [0.15, 0.2) is 0 Å². The van der Waals surface area contributed by atoms with Gasteiger partial charge in [0, 0.05) is 7.11 Å². The Morgan fingerprint density at radius 1 is 1.62 bits per heavy atom. The number of hydrogen-bond acceptors (Lipinski definition) is 3. The number of anilines is 1. The van der Waals surface area contributed by atoms with Crippen molar-refractivity contribution in [1.82, 2.24) is 0 Å². The summed E-state index contributed by atoms with van der Waals surface area (Å²) in [6.07, 6.45) is 0. The Kier molecular flexibility index (Phi) is 4.58. The average Bonchev–Trinajstić information content (AvgIpc) is 2.20. The van der Waals surface area contributed by atoms with E-state index in [4.69, 9.17) is 21.4 Å². The standard InChI is InChI=1S/C11H14ClNO3/c1-7-3-4-9(8(12)5-7)13-10(6-16-2)11(14)15/h3-5,10,13H,6H2,1-2H3,(H,14,15). The molecule has 1 aromatic rings. The largest absolute Gasteiger partial charge is 0.480 e. The maximum absolute atomic E-state index is 10.9. The first-order valence-electron chi connectivity index (χ1n) is 4.79. The molecular weight excluding hydrogens is 230 g/mol. The van der Waals surface area contributed by atoms with Gasteiger partial charge in [0.25, 0.3) is 0 Å². The summed E-state index contributed by atoms with van der Waals surface area (Å²) in [5.74, 6) is -0.974. The van der Waals surface area contributed by atoms with E-state index >= 15 is 0 Å². The Labute approximate surface area is 99.2 Å². The summed E-state index contributed by atoms with van der Waals surface area (Å²) < 4.78 is 4.81. The van der Waals surface area contributed by atoms with Crippen molar-refractivity contribution in [3.05, 3.63) is 28.8 Å². The third-order valence-corrected chi connectivity index (χ3v) is 2.40. The van der Waals surface area contributed by atoms with Gasteiger partial charge in [-0.05, 0) is 24.6 Å². The number of halogens is 1. The average molecular weight is 244 g/mol. The van der Waals surface area contributed by atoms with E-state index in [1.165, 1.54) is 7.11 Å². The fraction of sp³-hybridized carbons (Fsp3) is 0.364. The Bertz CT molecular complexity index is 381. The topological polar surface area (TPSA) is 58.6 Å². The van der Waals surface area contributed by atoms with E-state index in [1.54, 1.807) is 12.1 Å². The zero-order chi connectivity index (χ0) is 12.1. The Hall–Kier alpha value is -1.26. The molecule has 1 rings (SSSR count). The van der Waals surface area contributed by atoms with Gasteiger partial charge in [0.05, 0.1) is 17.3 Å². The van der Waals surface area contributed by atoms with Gasteiger partial charge in [-0.15, -0.1) is 0 Å². The van der Waals surface area contributed by atoms with Crippen LogP contribution in [0.5, 0.6) is 0 Å². The first-order chi connectivity index (χ1) is 7.54. The fourth-order valence-corrected chi connectivity index (χ4v) is 1.56. The molecule has 1 unspecified atom stereocenters. The summed E-state index contributed by atoms with van der Waals surface area (Å²) in [4.78, 5) is 10.9. The Morgan fingerprint density at radius 3 is 2.81 bits per heavy atom. The van der Waals surface area contributed by atoms with Crippen LogP contribution in [0.15, 0.2) is 18.2 Å². The normalized spacial score (nSPS) is 12.2. The smallest absolute Gasteiger partial charge is 0.328 e. The van der Waals surface area contributed by atoms with Crippen LogP contribution < -0.4 is 5.32 Å². The number of rotatable bonds is 5. The number of carboxylic acids is 1. The van der Waals surface area contributed by atoms with Crippen LogP contribution in [0.4, 0.5) is 5.69 Å². The lowest BCUT2D eigenvalue weighted by Crippen LogP contribution is -2.33. The van der Waals surface area contributed by atoms with E-state index < -0.39 is 12.0 Å². The number of hydrogen-bond donors (Lipinski definition) is 2. The van der Waals surface area contributed by atoms with Crippen molar-refractivity contribution in [2.75, 3.05) is 19.0 Å². The minimum atomic E-state index is -0.974. The van der Waals surface area contributed by atoms with Crippen LogP contribution in [0, 0.1) is 6.92 Å². The van der Waals surface area contributed by atoms with Crippen molar-refractivity contribution < 1.29 is 14.6 Å². The van der Waals surface area contributed by atoms with E-state index in [9.17, 15) is 4.79 Å². The van der Waals surface area contributed by atoms with Crippen LogP contribution in [0.1, 0.15) is 5.56 Å². The zero-order valence-corrected chi connectivity index (χ0v) is 9.91. The second kappa shape index (κ2) is 5.72. The number of aryl methyl sites for hydroxylation is 1. The molecule has 5 heteroatoms. The highest BCUT2D eigenvalue weighted by molar-refractivity contribution is 6.33. The number of aliphatic carboxylic acids is 1. The number of benzene rings is 1. The fourth-order valence-electron chi connectivity index (χ4n) is 1.27.